The van der Waals surface area contributed by atoms with Gasteiger partial charge in [-0.05, 0) is 47.5 Å². The number of methoxy groups -OCH3 is 2. The van der Waals surface area contributed by atoms with Crippen molar-refractivity contribution in [2.75, 3.05) is 20.8 Å². The molecule has 0 spiro atoms. The predicted molar refractivity (Wildman–Crippen MR) is 152 cm³/mol. The maximum atomic E-state index is 15.4. The summed E-state index contributed by atoms with van der Waals surface area (Å²) in [5.74, 6) is -0.990. The van der Waals surface area contributed by atoms with Crippen LogP contribution in [0.4, 0.5) is 8.78 Å². The number of hydrogen-bond donors (Lipinski definition) is 1. The molecule has 0 bridgehead atoms. The molecule has 8 nitrogen and oxygen atoms in total. The molecule has 0 saturated heterocycles. The van der Waals surface area contributed by atoms with Crippen molar-refractivity contribution in [3.05, 3.63) is 113 Å². The molecule has 216 valence electrons. The van der Waals surface area contributed by atoms with Crippen molar-refractivity contribution in [3.63, 3.8) is 0 Å². The number of hydrogen-bond acceptors (Lipinski definition) is 6. The molecule has 42 heavy (non-hydrogen) atoms. The molecule has 1 N–H and O–H groups in total. The number of carbonyl (C=O) groups is 1. The molecule has 0 saturated carbocycles. The molecule has 5 rings (SSSR count). The van der Waals surface area contributed by atoms with Gasteiger partial charge in [-0.15, -0.1) is 0 Å². The molecule has 0 aliphatic rings. The monoisotopic (exact) mass is 573 g/mol. The summed E-state index contributed by atoms with van der Waals surface area (Å²) >= 11 is 0. The minimum Gasteiger partial charge on any atom is -0.478 e. The number of carboxylic acids is 1. The molecule has 0 aliphatic heterocycles. The molecular weight excluding hydrogens is 544 g/mol. The standard InChI is InChI=1S/C32H29F2N3O5/c1-40-13-12-37-29-16-23(32(38)39)10-11-28(29)35-30(37)17-21-8-9-22(15-26(21)34)27-4-3-5-31(36-27)42-19-24-7-6-20(18-41-2)14-25(24)33/h3-11,14-16H,12-13,17-19H2,1-2H3,(H,38,39). The Kier molecular flexibility index (Phi) is 8.85. The summed E-state index contributed by atoms with van der Waals surface area (Å²) in [5, 5.41) is 9.41. The lowest BCUT2D eigenvalue weighted by Gasteiger charge is -2.11. The second-order valence-corrected chi connectivity index (χ2v) is 9.67. The number of rotatable bonds is 12. The molecule has 2 heterocycles. The number of pyridine rings is 1. The SMILES string of the molecule is COCCn1c(Cc2ccc(-c3cccc(OCc4ccc(COC)cc4F)n3)cc2F)nc2ccc(C(=O)O)cc21. The van der Waals surface area contributed by atoms with Gasteiger partial charge < -0.3 is 23.9 Å². The number of aromatic carboxylic acids is 1. The zero-order chi connectivity index (χ0) is 29.6. The molecule has 0 aliphatic carbocycles. The Hall–Kier alpha value is -4.67. The van der Waals surface area contributed by atoms with Crippen LogP contribution in [0.5, 0.6) is 5.88 Å². The van der Waals surface area contributed by atoms with Crippen molar-refractivity contribution >= 4 is 17.0 Å². The minimum absolute atomic E-state index is 0.0130. The summed E-state index contributed by atoms with van der Waals surface area (Å²) in [6.07, 6.45) is 0.193. The van der Waals surface area contributed by atoms with E-state index >= 15 is 4.39 Å². The molecule has 10 heteroatoms. The van der Waals surface area contributed by atoms with Gasteiger partial charge in [0.15, 0.2) is 0 Å². The first-order chi connectivity index (χ1) is 20.4. The van der Waals surface area contributed by atoms with Gasteiger partial charge in [-0.3, -0.25) is 0 Å². The van der Waals surface area contributed by atoms with Crippen LogP contribution in [0.3, 0.4) is 0 Å². The molecule has 0 unspecified atom stereocenters. The van der Waals surface area contributed by atoms with Crippen molar-refractivity contribution in [2.45, 2.75) is 26.2 Å². The third-order valence-corrected chi connectivity index (χ3v) is 6.82. The lowest BCUT2D eigenvalue weighted by Crippen LogP contribution is -2.10. The highest BCUT2D eigenvalue weighted by Crippen LogP contribution is 2.26. The first-order valence-corrected chi connectivity index (χ1v) is 13.2. The van der Waals surface area contributed by atoms with E-state index in [0.717, 1.165) is 5.56 Å². The Morgan fingerprint density at radius 3 is 2.43 bits per heavy atom. The van der Waals surface area contributed by atoms with Crippen molar-refractivity contribution in [1.82, 2.24) is 14.5 Å². The zero-order valence-corrected chi connectivity index (χ0v) is 23.1. The lowest BCUT2D eigenvalue weighted by atomic mass is 10.1. The van der Waals surface area contributed by atoms with Gasteiger partial charge in [0.25, 0.3) is 0 Å². The third-order valence-electron chi connectivity index (χ3n) is 6.82. The first kappa shape index (κ1) is 28.8. The number of carboxylic acid groups (broad SMARTS) is 1. The van der Waals surface area contributed by atoms with Crippen LogP contribution in [0.25, 0.3) is 22.3 Å². The zero-order valence-electron chi connectivity index (χ0n) is 23.1. The Balaban J connectivity index is 1.34. The highest BCUT2D eigenvalue weighted by atomic mass is 19.1. The molecule has 0 fully saturated rings. The van der Waals surface area contributed by atoms with Crippen molar-refractivity contribution in [1.29, 1.82) is 0 Å². The smallest absolute Gasteiger partial charge is 0.335 e. The van der Waals surface area contributed by atoms with Gasteiger partial charge in [0.2, 0.25) is 5.88 Å². The highest BCUT2D eigenvalue weighted by molar-refractivity contribution is 5.92. The molecule has 0 radical (unpaired) electrons. The maximum Gasteiger partial charge on any atom is 0.335 e. The van der Waals surface area contributed by atoms with Crippen LogP contribution in [0, 0.1) is 11.6 Å². The van der Waals surface area contributed by atoms with E-state index in [1.165, 1.54) is 18.2 Å². The van der Waals surface area contributed by atoms with Gasteiger partial charge in [0.05, 0.1) is 35.5 Å². The number of imidazole rings is 1. The number of halogens is 2. The Morgan fingerprint density at radius 1 is 0.881 bits per heavy atom. The van der Waals surface area contributed by atoms with Gasteiger partial charge in [0.1, 0.15) is 24.1 Å². The van der Waals surface area contributed by atoms with Gasteiger partial charge in [-0.25, -0.2) is 23.5 Å². The fourth-order valence-electron chi connectivity index (χ4n) is 4.67. The van der Waals surface area contributed by atoms with E-state index in [1.807, 2.05) is 4.57 Å². The summed E-state index contributed by atoms with van der Waals surface area (Å²) in [6.45, 7) is 1.12. The Bertz CT molecular complexity index is 1740. The van der Waals surface area contributed by atoms with Crippen LogP contribution >= 0.6 is 0 Å². The van der Waals surface area contributed by atoms with Crippen LogP contribution in [0.1, 0.15) is 32.9 Å². The number of ether oxygens (including phenoxy) is 3. The van der Waals surface area contributed by atoms with E-state index in [1.54, 1.807) is 68.8 Å². The van der Waals surface area contributed by atoms with Gasteiger partial charge in [-0.2, -0.15) is 0 Å². The number of nitrogens with zero attached hydrogens (tertiary/aromatic N) is 3. The van der Waals surface area contributed by atoms with E-state index in [9.17, 15) is 14.3 Å². The molecular formula is C32H29F2N3O5. The van der Waals surface area contributed by atoms with Crippen LogP contribution < -0.4 is 4.74 Å². The number of benzene rings is 3. The van der Waals surface area contributed by atoms with Crippen LogP contribution in [0.15, 0.2) is 72.8 Å². The summed E-state index contributed by atoms with van der Waals surface area (Å²) in [7, 11) is 3.13. The average molecular weight is 574 g/mol. The summed E-state index contributed by atoms with van der Waals surface area (Å²) in [5.41, 5.74) is 3.99. The van der Waals surface area contributed by atoms with Crippen molar-refractivity contribution in [3.8, 4) is 17.1 Å². The van der Waals surface area contributed by atoms with Gasteiger partial charge in [0, 0.05) is 44.4 Å². The largest absolute Gasteiger partial charge is 0.478 e. The Labute approximate surface area is 241 Å². The summed E-state index contributed by atoms with van der Waals surface area (Å²) in [6, 6.07) is 19.5. The van der Waals surface area contributed by atoms with Crippen molar-refractivity contribution in [2.24, 2.45) is 0 Å². The van der Waals surface area contributed by atoms with Crippen LogP contribution in [-0.4, -0.2) is 46.4 Å². The van der Waals surface area contributed by atoms with Gasteiger partial charge in [-0.1, -0.05) is 30.3 Å². The molecule has 0 atom stereocenters. The normalized spacial score (nSPS) is 11.2. The third kappa shape index (κ3) is 6.45. The fourth-order valence-corrected chi connectivity index (χ4v) is 4.67. The van der Waals surface area contributed by atoms with E-state index in [0.29, 0.717) is 59.0 Å². The quantitative estimate of drug-likeness (QED) is 0.195. The van der Waals surface area contributed by atoms with Gasteiger partial charge >= 0.3 is 5.97 Å². The fraction of sp³-hybridized carbons (Fsp3) is 0.219. The summed E-state index contributed by atoms with van der Waals surface area (Å²) < 4.78 is 47.7. The second kappa shape index (κ2) is 12.9. The highest BCUT2D eigenvalue weighted by Gasteiger charge is 2.16. The second-order valence-electron chi connectivity index (χ2n) is 9.67. The topological polar surface area (TPSA) is 95.7 Å². The van der Waals surface area contributed by atoms with E-state index < -0.39 is 17.6 Å². The first-order valence-electron chi connectivity index (χ1n) is 13.2. The number of aromatic nitrogens is 3. The average Bonchev–Trinajstić information content (AvgIpc) is 3.33. The Morgan fingerprint density at radius 2 is 1.69 bits per heavy atom. The number of fused-ring (bicyclic) bond motifs is 1. The van der Waals surface area contributed by atoms with E-state index in [2.05, 4.69) is 9.97 Å². The van der Waals surface area contributed by atoms with Crippen LogP contribution in [-0.2, 0) is 35.7 Å². The van der Waals surface area contributed by atoms with E-state index in [-0.39, 0.29) is 24.5 Å². The van der Waals surface area contributed by atoms with Crippen LogP contribution in [0.2, 0.25) is 0 Å². The molecule has 5 aromatic rings. The lowest BCUT2D eigenvalue weighted by molar-refractivity contribution is 0.0697. The maximum absolute atomic E-state index is 15.4. The minimum atomic E-state index is -1.04. The summed E-state index contributed by atoms with van der Waals surface area (Å²) in [4.78, 5) is 20.6. The molecule has 2 aromatic heterocycles. The van der Waals surface area contributed by atoms with Crippen molar-refractivity contribution < 1.29 is 32.9 Å². The molecule has 0 amide bonds. The predicted octanol–water partition coefficient (Wildman–Crippen LogP) is 6.04. The van der Waals surface area contributed by atoms with E-state index in [4.69, 9.17) is 14.2 Å². The molecule has 3 aromatic carbocycles.